The van der Waals surface area contributed by atoms with Crippen molar-refractivity contribution in [1.29, 1.82) is 0 Å². The van der Waals surface area contributed by atoms with E-state index in [1.807, 2.05) is 12.3 Å². The number of ether oxygens (including phenoxy) is 1. The number of anilines is 1. The Balaban J connectivity index is 2.43. The van der Waals surface area contributed by atoms with Gasteiger partial charge in [-0.15, -0.1) is 22.7 Å². The number of nitrogen functional groups attached to an aromatic ring is 1. The van der Waals surface area contributed by atoms with Gasteiger partial charge in [-0.3, -0.25) is 0 Å². The molecule has 0 aliphatic heterocycles. The quantitative estimate of drug-likeness (QED) is 0.836. The van der Waals surface area contributed by atoms with Crippen LogP contribution in [0.5, 0.6) is 0 Å². The standard InChI is InChI=1S/C10H10N2O2S2/c1-5-12-7(4-15-5)9-6(11)3-8(16-9)10(13)14-2/h3-4H,11H2,1-2H3. The summed E-state index contributed by atoms with van der Waals surface area (Å²) >= 11 is 2.86. The van der Waals surface area contributed by atoms with E-state index in [9.17, 15) is 4.79 Å². The third-order valence-corrected chi connectivity index (χ3v) is 3.93. The zero-order valence-electron chi connectivity index (χ0n) is 8.81. The Bertz CT molecular complexity index is 531. The minimum absolute atomic E-state index is 0.366. The normalized spacial score (nSPS) is 10.4. The van der Waals surface area contributed by atoms with Crippen molar-refractivity contribution in [3.63, 3.8) is 0 Å². The molecule has 0 saturated carbocycles. The fourth-order valence-electron chi connectivity index (χ4n) is 1.27. The molecule has 2 aromatic rings. The van der Waals surface area contributed by atoms with E-state index in [0.29, 0.717) is 10.6 Å². The number of nitrogens with two attached hydrogens (primary N) is 1. The van der Waals surface area contributed by atoms with E-state index in [-0.39, 0.29) is 5.97 Å². The molecule has 0 saturated heterocycles. The Morgan fingerprint density at radius 3 is 2.88 bits per heavy atom. The van der Waals surface area contributed by atoms with Gasteiger partial charge in [0.1, 0.15) is 4.88 Å². The van der Waals surface area contributed by atoms with E-state index in [1.165, 1.54) is 18.4 Å². The Kier molecular flexibility index (Phi) is 2.93. The van der Waals surface area contributed by atoms with Crippen LogP contribution in [0.25, 0.3) is 10.6 Å². The molecule has 16 heavy (non-hydrogen) atoms. The van der Waals surface area contributed by atoms with E-state index in [4.69, 9.17) is 5.73 Å². The lowest BCUT2D eigenvalue weighted by molar-refractivity contribution is 0.0606. The van der Waals surface area contributed by atoms with Crippen molar-refractivity contribution < 1.29 is 9.53 Å². The maximum atomic E-state index is 11.3. The first-order chi connectivity index (χ1) is 7.61. The van der Waals surface area contributed by atoms with Crippen LogP contribution in [0.15, 0.2) is 11.4 Å². The predicted molar refractivity (Wildman–Crippen MR) is 65.9 cm³/mol. The van der Waals surface area contributed by atoms with Crippen molar-refractivity contribution >= 4 is 34.3 Å². The molecule has 6 heteroatoms. The molecular weight excluding hydrogens is 244 g/mol. The van der Waals surface area contributed by atoms with Gasteiger partial charge in [-0.1, -0.05) is 0 Å². The lowest BCUT2D eigenvalue weighted by Crippen LogP contribution is -1.97. The minimum Gasteiger partial charge on any atom is -0.465 e. The SMILES string of the molecule is COC(=O)c1cc(N)c(-c2csc(C)n2)s1. The number of esters is 1. The number of aryl methyl sites for hydroxylation is 1. The highest BCUT2D eigenvalue weighted by Gasteiger charge is 2.15. The molecule has 0 amide bonds. The number of hydrogen-bond acceptors (Lipinski definition) is 6. The first kappa shape index (κ1) is 11.1. The van der Waals surface area contributed by atoms with E-state index < -0.39 is 0 Å². The molecule has 0 aliphatic carbocycles. The van der Waals surface area contributed by atoms with E-state index in [1.54, 1.807) is 17.4 Å². The van der Waals surface area contributed by atoms with Crippen molar-refractivity contribution in [2.45, 2.75) is 6.92 Å². The zero-order valence-corrected chi connectivity index (χ0v) is 10.4. The van der Waals surface area contributed by atoms with Crippen LogP contribution in [-0.4, -0.2) is 18.1 Å². The highest BCUT2D eigenvalue weighted by Crippen LogP contribution is 2.35. The maximum absolute atomic E-state index is 11.3. The fraction of sp³-hybridized carbons (Fsp3) is 0.200. The Morgan fingerprint density at radius 1 is 1.56 bits per heavy atom. The van der Waals surface area contributed by atoms with Gasteiger partial charge in [0.05, 0.1) is 28.4 Å². The van der Waals surface area contributed by atoms with Gasteiger partial charge in [-0.05, 0) is 13.0 Å². The molecule has 2 heterocycles. The molecule has 4 nitrogen and oxygen atoms in total. The smallest absolute Gasteiger partial charge is 0.348 e. The number of aromatic nitrogens is 1. The van der Waals surface area contributed by atoms with Gasteiger partial charge < -0.3 is 10.5 Å². The highest BCUT2D eigenvalue weighted by atomic mass is 32.1. The van der Waals surface area contributed by atoms with Crippen LogP contribution in [0.1, 0.15) is 14.7 Å². The van der Waals surface area contributed by atoms with E-state index >= 15 is 0 Å². The lowest BCUT2D eigenvalue weighted by atomic mass is 10.3. The molecule has 0 bridgehead atoms. The summed E-state index contributed by atoms with van der Waals surface area (Å²) in [6.07, 6.45) is 0. The molecule has 0 aliphatic rings. The summed E-state index contributed by atoms with van der Waals surface area (Å²) in [5, 5.41) is 2.90. The van der Waals surface area contributed by atoms with Gasteiger partial charge in [0, 0.05) is 5.38 Å². The van der Waals surface area contributed by atoms with Crippen molar-refractivity contribution in [3.8, 4) is 10.6 Å². The van der Waals surface area contributed by atoms with Crippen molar-refractivity contribution in [2.75, 3.05) is 12.8 Å². The number of thiophene rings is 1. The maximum Gasteiger partial charge on any atom is 0.348 e. The van der Waals surface area contributed by atoms with Crippen LogP contribution in [0.2, 0.25) is 0 Å². The predicted octanol–water partition coefficient (Wildman–Crippen LogP) is 2.55. The number of rotatable bonds is 2. The van der Waals surface area contributed by atoms with Gasteiger partial charge in [-0.2, -0.15) is 0 Å². The second-order valence-electron chi connectivity index (χ2n) is 3.14. The topological polar surface area (TPSA) is 65.2 Å². The van der Waals surface area contributed by atoms with Gasteiger partial charge in [0.15, 0.2) is 0 Å². The van der Waals surface area contributed by atoms with Crippen LogP contribution in [-0.2, 0) is 4.74 Å². The molecule has 0 radical (unpaired) electrons. The van der Waals surface area contributed by atoms with Crippen LogP contribution in [0.3, 0.4) is 0 Å². The Labute approximate surface area is 101 Å². The third kappa shape index (κ3) is 1.94. The van der Waals surface area contributed by atoms with Crippen LogP contribution in [0.4, 0.5) is 5.69 Å². The first-order valence-electron chi connectivity index (χ1n) is 4.52. The molecule has 0 fully saturated rings. The Hall–Kier alpha value is -1.40. The third-order valence-electron chi connectivity index (χ3n) is 2.00. The van der Waals surface area contributed by atoms with E-state index in [2.05, 4.69) is 9.72 Å². The lowest BCUT2D eigenvalue weighted by Gasteiger charge is -1.92. The second kappa shape index (κ2) is 4.23. The van der Waals surface area contributed by atoms with Crippen molar-refractivity contribution in [3.05, 3.63) is 21.3 Å². The van der Waals surface area contributed by atoms with Crippen LogP contribution < -0.4 is 5.73 Å². The largest absolute Gasteiger partial charge is 0.465 e. The highest BCUT2D eigenvalue weighted by molar-refractivity contribution is 7.18. The van der Waals surface area contributed by atoms with Crippen molar-refractivity contribution in [2.24, 2.45) is 0 Å². The summed E-state index contributed by atoms with van der Waals surface area (Å²) in [4.78, 5) is 17.0. The minimum atomic E-state index is -0.366. The summed E-state index contributed by atoms with van der Waals surface area (Å²) in [5.74, 6) is -0.366. The van der Waals surface area contributed by atoms with Gasteiger partial charge in [0.25, 0.3) is 0 Å². The molecule has 0 unspecified atom stereocenters. The van der Waals surface area contributed by atoms with Gasteiger partial charge in [-0.25, -0.2) is 9.78 Å². The zero-order chi connectivity index (χ0) is 11.7. The summed E-state index contributed by atoms with van der Waals surface area (Å²) in [6, 6.07) is 1.63. The number of thiazole rings is 1. The molecule has 2 aromatic heterocycles. The number of nitrogens with zero attached hydrogens (tertiary/aromatic N) is 1. The molecule has 2 rings (SSSR count). The molecule has 2 N–H and O–H groups in total. The molecule has 0 spiro atoms. The molecule has 0 atom stereocenters. The number of carbonyl (C=O) groups excluding carboxylic acids is 1. The summed E-state index contributed by atoms with van der Waals surface area (Å²) in [6.45, 7) is 1.93. The molecule has 84 valence electrons. The van der Waals surface area contributed by atoms with Crippen LogP contribution >= 0.6 is 22.7 Å². The number of hydrogen-bond donors (Lipinski definition) is 1. The van der Waals surface area contributed by atoms with Gasteiger partial charge in [0.2, 0.25) is 0 Å². The van der Waals surface area contributed by atoms with Gasteiger partial charge >= 0.3 is 5.97 Å². The summed E-state index contributed by atoms with van der Waals surface area (Å²) in [7, 11) is 1.35. The fourth-order valence-corrected chi connectivity index (χ4v) is 2.91. The Morgan fingerprint density at radius 2 is 2.31 bits per heavy atom. The molecule has 0 aromatic carbocycles. The summed E-state index contributed by atoms with van der Waals surface area (Å²) in [5.41, 5.74) is 7.23. The average Bonchev–Trinajstić information content (AvgIpc) is 2.83. The van der Waals surface area contributed by atoms with Crippen molar-refractivity contribution in [1.82, 2.24) is 4.98 Å². The number of methoxy groups -OCH3 is 1. The van der Waals surface area contributed by atoms with E-state index in [0.717, 1.165) is 15.6 Å². The molecular formula is C10H10N2O2S2. The summed E-state index contributed by atoms with van der Waals surface area (Å²) < 4.78 is 4.64. The second-order valence-corrected chi connectivity index (χ2v) is 5.25. The monoisotopic (exact) mass is 254 g/mol. The van der Waals surface area contributed by atoms with Crippen LogP contribution in [0, 0.1) is 6.92 Å². The first-order valence-corrected chi connectivity index (χ1v) is 6.21. The average molecular weight is 254 g/mol. The number of carbonyl (C=O) groups is 1.